The van der Waals surface area contributed by atoms with Crippen molar-refractivity contribution in [2.24, 2.45) is 5.92 Å². The Labute approximate surface area is 205 Å². The molecular weight excluding hydrogens is 408 g/mol. The maximum atomic E-state index is 4.71. The molecule has 0 aliphatic heterocycles. The molecule has 1 saturated carbocycles. The molecule has 3 aliphatic rings. The summed E-state index contributed by atoms with van der Waals surface area (Å²) in [7, 11) is 0. The molecule has 5 rings (SSSR count). The summed E-state index contributed by atoms with van der Waals surface area (Å²) in [6.07, 6.45) is 16.7. The summed E-state index contributed by atoms with van der Waals surface area (Å²) in [6, 6.07) is 13.7. The highest BCUT2D eigenvalue weighted by atomic mass is 14.4. The van der Waals surface area contributed by atoms with E-state index in [-0.39, 0.29) is 5.92 Å². The van der Waals surface area contributed by atoms with Gasteiger partial charge in [0, 0.05) is 11.8 Å². The van der Waals surface area contributed by atoms with E-state index in [2.05, 4.69) is 94.1 Å². The molecule has 34 heavy (non-hydrogen) atoms. The van der Waals surface area contributed by atoms with Gasteiger partial charge in [0.2, 0.25) is 0 Å². The van der Waals surface area contributed by atoms with Crippen LogP contribution in [0.2, 0.25) is 0 Å². The van der Waals surface area contributed by atoms with Crippen molar-refractivity contribution in [3.63, 3.8) is 0 Å². The zero-order valence-electron chi connectivity index (χ0n) is 21.0. The second kappa shape index (κ2) is 9.26. The van der Waals surface area contributed by atoms with Crippen molar-refractivity contribution in [1.29, 1.82) is 0 Å². The zero-order valence-corrected chi connectivity index (χ0v) is 21.0. The van der Waals surface area contributed by atoms with Gasteiger partial charge >= 0.3 is 0 Å². The minimum absolute atomic E-state index is 0.268. The first kappa shape index (κ1) is 22.7. The molecular formula is C34H36. The molecule has 2 unspecified atom stereocenters. The van der Waals surface area contributed by atoms with Crippen LogP contribution in [0.3, 0.4) is 0 Å². The minimum Gasteiger partial charge on any atom is -0.0955 e. The van der Waals surface area contributed by atoms with E-state index >= 15 is 0 Å². The monoisotopic (exact) mass is 444 g/mol. The van der Waals surface area contributed by atoms with Crippen molar-refractivity contribution >= 4 is 10.8 Å². The van der Waals surface area contributed by atoms with Crippen LogP contribution in [0.1, 0.15) is 63.5 Å². The summed E-state index contributed by atoms with van der Waals surface area (Å²) in [5.74, 6) is 0.577. The summed E-state index contributed by atoms with van der Waals surface area (Å²) in [5.41, 5.74) is 12.6. The van der Waals surface area contributed by atoms with Gasteiger partial charge in [0.25, 0.3) is 0 Å². The Kier molecular flexibility index (Phi) is 6.17. The average molecular weight is 445 g/mol. The minimum atomic E-state index is 0.268. The second-order valence-electron chi connectivity index (χ2n) is 10.1. The molecule has 0 saturated heterocycles. The van der Waals surface area contributed by atoms with Gasteiger partial charge in [0.05, 0.1) is 0 Å². The molecule has 0 heteroatoms. The summed E-state index contributed by atoms with van der Waals surface area (Å²) in [5, 5.41) is 2.77. The van der Waals surface area contributed by atoms with Crippen molar-refractivity contribution in [1.82, 2.24) is 0 Å². The second-order valence-corrected chi connectivity index (χ2v) is 10.1. The van der Waals surface area contributed by atoms with Crippen LogP contribution >= 0.6 is 0 Å². The summed E-state index contributed by atoms with van der Waals surface area (Å²) >= 11 is 0. The lowest BCUT2D eigenvalue weighted by atomic mass is 9.68. The molecule has 1 fully saturated rings. The Morgan fingerprint density at radius 2 is 1.85 bits per heavy atom. The van der Waals surface area contributed by atoms with Crippen molar-refractivity contribution in [2.75, 3.05) is 0 Å². The average Bonchev–Trinajstić information content (AvgIpc) is 3.45. The van der Waals surface area contributed by atoms with Gasteiger partial charge < -0.3 is 0 Å². The van der Waals surface area contributed by atoms with Gasteiger partial charge in [0.1, 0.15) is 0 Å². The first-order valence-corrected chi connectivity index (χ1v) is 12.9. The van der Waals surface area contributed by atoms with Crippen molar-refractivity contribution < 1.29 is 0 Å². The Balaban J connectivity index is 1.69. The van der Waals surface area contributed by atoms with Gasteiger partial charge in [-0.1, -0.05) is 111 Å². The Morgan fingerprint density at radius 3 is 2.56 bits per heavy atom. The third-order valence-electron chi connectivity index (χ3n) is 7.91. The molecule has 0 bridgehead atoms. The first-order chi connectivity index (χ1) is 16.5. The Hall–Kier alpha value is -3.12. The van der Waals surface area contributed by atoms with E-state index in [1.165, 1.54) is 60.9 Å². The van der Waals surface area contributed by atoms with E-state index in [0.29, 0.717) is 5.92 Å². The van der Waals surface area contributed by atoms with Gasteiger partial charge in [-0.2, -0.15) is 0 Å². The van der Waals surface area contributed by atoms with E-state index in [9.17, 15) is 0 Å². The lowest BCUT2D eigenvalue weighted by Gasteiger charge is -2.35. The van der Waals surface area contributed by atoms with E-state index in [1.807, 2.05) is 0 Å². The quantitative estimate of drug-likeness (QED) is 0.416. The van der Waals surface area contributed by atoms with E-state index in [1.54, 1.807) is 0 Å². The fourth-order valence-corrected chi connectivity index (χ4v) is 6.36. The van der Waals surface area contributed by atoms with Crippen molar-refractivity contribution in [3.8, 4) is 0 Å². The van der Waals surface area contributed by atoms with Gasteiger partial charge in [-0.15, -0.1) is 0 Å². The number of rotatable bonds is 6. The molecule has 0 amide bonds. The SMILES string of the molecule is C=C(CCC)C1=C(C)C=C2CC(=CC3=CC=CC3)C(=C)C2C1c1ccc(CC)c2ccccc12. The summed E-state index contributed by atoms with van der Waals surface area (Å²) in [4.78, 5) is 0. The molecule has 2 aromatic carbocycles. The van der Waals surface area contributed by atoms with Crippen LogP contribution in [-0.2, 0) is 6.42 Å². The molecule has 0 aromatic heterocycles. The standard InChI is InChI=1S/C34H36/c1-6-12-22(3)32-23(4)19-28-21-27(20-25-13-8-9-14-25)24(5)33(28)34(32)31-18-17-26(7-2)29-15-10-11-16-30(29)31/h8-11,13,15-20,33-34H,3,5-7,12,14,21H2,1-2,4H3. The van der Waals surface area contributed by atoms with Crippen LogP contribution in [0, 0.1) is 5.92 Å². The lowest BCUT2D eigenvalue weighted by molar-refractivity contribution is 0.623. The normalized spacial score (nSPS) is 23.0. The third kappa shape index (κ3) is 3.80. The maximum absolute atomic E-state index is 4.71. The van der Waals surface area contributed by atoms with Crippen LogP contribution in [0.25, 0.3) is 10.8 Å². The molecule has 0 radical (unpaired) electrons. The van der Waals surface area contributed by atoms with Crippen LogP contribution < -0.4 is 0 Å². The largest absolute Gasteiger partial charge is 0.0955 e. The number of hydrogen-bond acceptors (Lipinski definition) is 0. The number of hydrogen-bond donors (Lipinski definition) is 0. The Morgan fingerprint density at radius 1 is 1.06 bits per heavy atom. The predicted octanol–water partition coefficient (Wildman–Crippen LogP) is 9.49. The van der Waals surface area contributed by atoms with Crippen molar-refractivity contribution in [2.45, 2.75) is 58.8 Å². The zero-order chi connectivity index (χ0) is 23.8. The van der Waals surface area contributed by atoms with Crippen LogP contribution in [0.4, 0.5) is 0 Å². The molecule has 0 nitrogen and oxygen atoms in total. The number of benzene rings is 2. The van der Waals surface area contributed by atoms with Crippen LogP contribution in [0.15, 0.2) is 119 Å². The third-order valence-corrected chi connectivity index (χ3v) is 7.91. The molecule has 0 heterocycles. The maximum Gasteiger partial charge on any atom is 0.0207 e. The molecule has 3 aliphatic carbocycles. The number of fused-ring (bicyclic) bond motifs is 2. The highest BCUT2D eigenvalue weighted by molar-refractivity contribution is 5.90. The predicted molar refractivity (Wildman–Crippen MR) is 148 cm³/mol. The molecule has 2 aromatic rings. The van der Waals surface area contributed by atoms with Gasteiger partial charge in [-0.05, 0) is 82.4 Å². The fraction of sp³-hybridized carbons (Fsp3) is 0.294. The summed E-state index contributed by atoms with van der Waals surface area (Å²) in [6.45, 7) is 16.1. The van der Waals surface area contributed by atoms with Gasteiger partial charge in [0.15, 0.2) is 0 Å². The topological polar surface area (TPSA) is 0 Å². The van der Waals surface area contributed by atoms with Crippen LogP contribution in [0.5, 0.6) is 0 Å². The highest BCUT2D eigenvalue weighted by Crippen LogP contribution is 2.56. The molecule has 172 valence electrons. The van der Waals surface area contributed by atoms with E-state index in [4.69, 9.17) is 6.58 Å². The molecule has 2 atom stereocenters. The van der Waals surface area contributed by atoms with Crippen molar-refractivity contribution in [3.05, 3.63) is 130 Å². The summed E-state index contributed by atoms with van der Waals surface area (Å²) < 4.78 is 0. The molecule has 0 N–H and O–H groups in total. The molecule has 0 spiro atoms. The lowest BCUT2D eigenvalue weighted by Crippen LogP contribution is -2.21. The Bertz CT molecular complexity index is 1330. The van der Waals surface area contributed by atoms with E-state index in [0.717, 1.165) is 32.1 Å². The van der Waals surface area contributed by atoms with Crippen LogP contribution in [-0.4, -0.2) is 0 Å². The van der Waals surface area contributed by atoms with Gasteiger partial charge in [-0.25, -0.2) is 0 Å². The highest BCUT2D eigenvalue weighted by Gasteiger charge is 2.41. The number of allylic oxidation sites excluding steroid dienone is 12. The van der Waals surface area contributed by atoms with E-state index < -0.39 is 0 Å². The smallest absolute Gasteiger partial charge is 0.0207 e. The van der Waals surface area contributed by atoms with Gasteiger partial charge in [-0.3, -0.25) is 0 Å². The fourth-order valence-electron chi connectivity index (χ4n) is 6.36. The first-order valence-electron chi connectivity index (χ1n) is 12.9. The number of aryl methyl sites for hydroxylation is 1.